The molecule has 1 saturated carbocycles. The van der Waals surface area contributed by atoms with Gasteiger partial charge in [0.2, 0.25) is 0 Å². The lowest BCUT2D eigenvalue weighted by Crippen LogP contribution is -2.13. The van der Waals surface area contributed by atoms with Crippen molar-refractivity contribution in [3.8, 4) is 11.1 Å². The molecule has 3 aromatic carbocycles. The number of carbonyl (C=O) groups excluding carboxylic acids is 1. The molecule has 74 heavy (non-hydrogen) atoms. The smallest absolute Gasteiger partial charge is 0.302 e. The highest BCUT2D eigenvalue weighted by molar-refractivity contribution is 5.66. The number of esters is 1. The van der Waals surface area contributed by atoms with Gasteiger partial charge in [-0.1, -0.05) is 327 Å². The number of unbranched alkanes of at least 4 members (excludes halogenated alkanes) is 16. The highest BCUT2D eigenvalue weighted by atomic mass is 16.5. The lowest BCUT2D eigenvalue weighted by Gasteiger charge is -2.29. The lowest BCUT2D eigenvalue weighted by atomic mass is 9.77. The highest BCUT2D eigenvalue weighted by Crippen LogP contribution is 2.38. The lowest BCUT2D eigenvalue weighted by molar-refractivity contribution is -0.142. The first-order chi connectivity index (χ1) is 35.9. The van der Waals surface area contributed by atoms with E-state index in [1.54, 1.807) is 5.56 Å². The van der Waals surface area contributed by atoms with Gasteiger partial charge in [-0.3, -0.25) is 4.79 Å². The van der Waals surface area contributed by atoms with Gasteiger partial charge in [0.15, 0.2) is 0 Å². The second-order valence-corrected chi connectivity index (χ2v) is 23.2. The molecule has 0 spiro atoms. The Morgan fingerprint density at radius 2 is 0.878 bits per heavy atom. The minimum atomic E-state index is -0.162. The van der Waals surface area contributed by atoms with Gasteiger partial charge in [-0.25, -0.2) is 0 Å². The van der Waals surface area contributed by atoms with Gasteiger partial charge >= 0.3 is 5.97 Å². The van der Waals surface area contributed by atoms with Gasteiger partial charge in [-0.05, 0) is 111 Å². The molecule has 2 nitrogen and oxygen atoms in total. The first kappa shape index (κ1) is 71.1. The molecule has 3 unspecified atom stereocenters. The van der Waals surface area contributed by atoms with E-state index in [0.29, 0.717) is 12.5 Å². The summed E-state index contributed by atoms with van der Waals surface area (Å²) < 4.78 is 4.95. The van der Waals surface area contributed by atoms with E-state index in [9.17, 15) is 4.79 Å². The second kappa shape index (κ2) is 50.9. The number of hydrogen-bond donors (Lipinski definition) is 0. The second-order valence-electron chi connectivity index (χ2n) is 23.2. The molecule has 0 bridgehead atoms. The fourth-order valence-electron chi connectivity index (χ4n) is 10.1. The normalized spacial score (nSPS) is 15.1. The van der Waals surface area contributed by atoms with E-state index in [1.807, 2.05) is 0 Å². The van der Waals surface area contributed by atoms with Crippen molar-refractivity contribution in [1.82, 2.24) is 0 Å². The summed E-state index contributed by atoms with van der Waals surface area (Å²) in [4.78, 5) is 10.5. The highest BCUT2D eigenvalue weighted by Gasteiger charge is 2.22. The fraction of sp³-hybridized carbons (Fsp3) is 0.736. The van der Waals surface area contributed by atoms with Crippen molar-refractivity contribution >= 4 is 5.97 Å². The van der Waals surface area contributed by atoms with E-state index in [0.717, 1.165) is 30.1 Å². The summed E-state index contributed by atoms with van der Waals surface area (Å²) in [5.41, 5.74) is 8.35. The van der Waals surface area contributed by atoms with Crippen molar-refractivity contribution in [3.05, 3.63) is 95.1 Å². The standard InChI is InChI=1S/C18H28.C18H22.C18H38.C10H20O2.C8H18/c2*1-3-4-5-6-16-9-13-18(14-10-16)17-11-7-15(2)8-12-17;1-4-6-8-10-11-13-15-17-18(3)16-14-12-9-7-5-2;1-4-6-7-10(5-2)8-12-9(3)11;1-4-6-7-8(3)5-2/h7-8,11-12,16,18H,3-6,9-10,13-14H2,1-2H3;7-14H,3-6H2,1-2H3;18H,4-17H2,1-3H3;10H,4-8H2,1-3H3;8H,4-7H2,1-3H3. The Kier molecular flexibility index (Phi) is 48.9. The molecule has 1 aliphatic rings. The fourth-order valence-corrected chi connectivity index (χ4v) is 10.1. The Morgan fingerprint density at radius 3 is 1.35 bits per heavy atom. The van der Waals surface area contributed by atoms with Gasteiger partial charge in [0.1, 0.15) is 0 Å². The van der Waals surface area contributed by atoms with E-state index in [4.69, 9.17) is 4.74 Å². The zero-order valence-corrected chi connectivity index (χ0v) is 51.9. The molecular formula is C72H126O2. The average Bonchev–Trinajstić information content (AvgIpc) is 3.41. The molecule has 0 amide bonds. The summed E-state index contributed by atoms with van der Waals surface area (Å²) in [5, 5.41) is 0. The molecule has 1 aliphatic carbocycles. The van der Waals surface area contributed by atoms with Crippen LogP contribution in [0.15, 0.2) is 72.8 Å². The van der Waals surface area contributed by atoms with E-state index in [2.05, 4.69) is 156 Å². The number of hydrogen-bond acceptors (Lipinski definition) is 2. The van der Waals surface area contributed by atoms with Crippen LogP contribution in [0.1, 0.15) is 316 Å². The number of aryl methyl sites for hydroxylation is 3. The van der Waals surface area contributed by atoms with Crippen LogP contribution in [0.25, 0.3) is 11.1 Å². The summed E-state index contributed by atoms with van der Waals surface area (Å²) in [5.74, 6) is 4.20. The van der Waals surface area contributed by atoms with Gasteiger partial charge in [0, 0.05) is 6.92 Å². The van der Waals surface area contributed by atoms with Crippen LogP contribution in [0.4, 0.5) is 0 Å². The third-order valence-electron chi connectivity index (χ3n) is 15.9. The monoisotopic (exact) mass is 1020 g/mol. The summed E-state index contributed by atoms with van der Waals surface area (Å²) in [6.45, 7) is 29.1. The maximum Gasteiger partial charge on any atom is 0.302 e. The number of carbonyl (C=O) groups is 1. The Morgan fingerprint density at radius 1 is 0.459 bits per heavy atom. The SMILES string of the molecule is CCCCC(C)CC.CCCCC(CC)COC(C)=O.CCCCCC1CCC(c2ccc(C)cc2)CC1.CCCCCCCCCC(C)CCCCCCC.CCCCCc1ccc(-c2ccc(C)cc2)cc1. The minimum absolute atomic E-state index is 0.162. The largest absolute Gasteiger partial charge is 0.466 e. The number of ether oxygens (including phenoxy) is 1. The molecule has 0 heterocycles. The van der Waals surface area contributed by atoms with Gasteiger partial charge < -0.3 is 4.74 Å². The molecule has 0 N–H and O–H groups in total. The molecular weight excluding hydrogens is 897 g/mol. The Labute approximate surface area is 464 Å². The van der Waals surface area contributed by atoms with Crippen molar-refractivity contribution in [2.45, 2.75) is 314 Å². The topological polar surface area (TPSA) is 26.3 Å². The van der Waals surface area contributed by atoms with Crippen LogP contribution in [0, 0.1) is 37.5 Å². The van der Waals surface area contributed by atoms with Crippen LogP contribution in [0.2, 0.25) is 0 Å². The molecule has 1 fully saturated rings. The first-order valence-electron chi connectivity index (χ1n) is 32.3. The molecule has 0 aromatic heterocycles. The zero-order chi connectivity index (χ0) is 54.9. The Balaban J connectivity index is 0.000000924. The molecule has 3 atom stereocenters. The summed E-state index contributed by atoms with van der Waals surface area (Å²) in [6, 6.07) is 27.0. The van der Waals surface area contributed by atoms with E-state index < -0.39 is 0 Å². The van der Waals surface area contributed by atoms with Crippen LogP contribution in [0.3, 0.4) is 0 Å². The molecule has 2 heteroatoms. The molecule has 0 radical (unpaired) electrons. The predicted octanol–water partition coefficient (Wildman–Crippen LogP) is 24.4. The molecule has 3 aromatic rings. The van der Waals surface area contributed by atoms with E-state index >= 15 is 0 Å². The van der Waals surface area contributed by atoms with Crippen molar-refractivity contribution < 1.29 is 9.53 Å². The summed E-state index contributed by atoms with van der Waals surface area (Å²) in [6.07, 6.45) is 47.2. The van der Waals surface area contributed by atoms with Crippen LogP contribution in [-0.4, -0.2) is 12.6 Å². The van der Waals surface area contributed by atoms with E-state index in [1.165, 1.54) is 247 Å². The third-order valence-corrected chi connectivity index (χ3v) is 15.9. The molecule has 4 rings (SSSR count). The summed E-state index contributed by atoms with van der Waals surface area (Å²) in [7, 11) is 0. The molecule has 0 aliphatic heterocycles. The van der Waals surface area contributed by atoms with Crippen molar-refractivity contribution in [2.24, 2.45) is 23.7 Å². The van der Waals surface area contributed by atoms with Gasteiger partial charge in [-0.15, -0.1) is 0 Å². The number of rotatable bonds is 34. The summed E-state index contributed by atoms with van der Waals surface area (Å²) >= 11 is 0. The number of benzene rings is 3. The van der Waals surface area contributed by atoms with Gasteiger partial charge in [-0.2, -0.15) is 0 Å². The maximum atomic E-state index is 10.5. The van der Waals surface area contributed by atoms with Crippen LogP contribution in [0.5, 0.6) is 0 Å². The van der Waals surface area contributed by atoms with Crippen LogP contribution >= 0.6 is 0 Å². The molecule has 0 saturated heterocycles. The Bertz CT molecular complexity index is 1600. The van der Waals surface area contributed by atoms with Crippen molar-refractivity contribution in [2.75, 3.05) is 6.61 Å². The maximum absolute atomic E-state index is 10.5. The Hall–Kier alpha value is -2.87. The van der Waals surface area contributed by atoms with E-state index in [-0.39, 0.29) is 5.97 Å². The van der Waals surface area contributed by atoms with Gasteiger partial charge in [0.25, 0.3) is 0 Å². The zero-order valence-electron chi connectivity index (χ0n) is 51.9. The molecule has 426 valence electrons. The van der Waals surface area contributed by atoms with Crippen LogP contribution < -0.4 is 0 Å². The first-order valence-corrected chi connectivity index (χ1v) is 32.3. The average molecular weight is 1020 g/mol. The predicted molar refractivity (Wildman–Crippen MR) is 334 cm³/mol. The third kappa shape index (κ3) is 41.3. The van der Waals surface area contributed by atoms with Crippen molar-refractivity contribution in [1.29, 1.82) is 0 Å². The quantitative estimate of drug-likeness (QED) is 0.0440. The van der Waals surface area contributed by atoms with Crippen molar-refractivity contribution in [3.63, 3.8) is 0 Å². The minimum Gasteiger partial charge on any atom is -0.466 e. The van der Waals surface area contributed by atoms with Gasteiger partial charge in [0.05, 0.1) is 6.61 Å². The van der Waals surface area contributed by atoms with Crippen LogP contribution in [-0.2, 0) is 16.0 Å².